The molecule has 6 heteroatoms. The minimum absolute atomic E-state index is 0. The highest BCUT2D eigenvalue weighted by Crippen LogP contribution is 2.20. The number of benzene rings is 1. The smallest absolute Gasteiger partial charge is 0.243 e. The molecule has 1 aromatic carbocycles. The number of amides is 1. The van der Waals surface area contributed by atoms with Gasteiger partial charge in [-0.25, -0.2) is 0 Å². The van der Waals surface area contributed by atoms with Gasteiger partial charge in [0.2, 0.25) is 5.91 Å². The SMILES string of the molecule is Cc1ccc(NC(=O)C2COCCN2)cc1Cl.Cl. The summed E-state index contributed by atoms with van der Waals surface area (Å²) in [6.45, 7) is 3.68. The molecule has 0 spiro atoms. The van der Waals surface area contributed by atoms with E-state index in [0.717, 1.165) is 5.56 Å². The van der Waals surface area contributed by atoms with Crippen LogP contribution in [0.5, 0.6) is 0 Å². The summed E-state index contributed by atoms with van der Waals surface area (Å²) in [7, 11) is 0. The lowest BCUT2D eigenvalue weighted by molar-refractivity contribution is -0.120. The van der Waals surface area contributed by atoms with E-state index in [9.17, 15) is 4.79 Å². The number of anilines is 1. The minimum atomic E-state index is -0.288. The van der Waals surface area contributed by atoms with Crippen molar-refractivity contribution < 1.29 is 9.53 Å². The van der Waals surface area contributed by atoms with Gasteiger partial charge in [-0.3, -0.25) is 4.79 Å². The van der Waals surface area contributed by atoms with Gasteiger partial charge < -0.3 is 15.4 Å². The van der Waals surface area contributed by atoms with Crippen LogP contribution in [0.15, 0.2) is 18.2 Å². The van der Waals surface area contributed by atoms with Gasteiger partial charge >= 0.3 is 0 Å². The maximum absolute atomic E-state index is 11.9. The number of aryl methyl sites for hydroxylation is 1. The second-order valence-corrected chi connectivity index (χ2v) is 4.44. The Kier molecular flexibility index (Phi) is 5.88. The first-order valence-corrected chi connectivity index (χ1v) is 5.93. The fourth-order valence-corrected chi connectivity index (χ4v) is 1.81. The molecule has 100 valence electrons. The Morgan fingerprint density at radius 2 is 2.33 bits per heavy atom. The second kappa shape index (κ2) is 6.95. The molecule has 0 bridgehead atoms. The molecule has 1 saturated heterocycles. The number of carbonyl (C=O) groups excluding carboxylic acids is 1. The van der Waals surface area contributed by atoms with E-state index < -0.39 is 0 Å². The van der Waals surface area contributed by atoms with Crippen molar-refractivity contribution in [1.82, 2.24) is 5.32 Å². The largest absolute Gasteiger partial charge is 0.378 e. The first-order valence-electron chi connectivity index (χ1n) is 5.55. The maximum atomic E-state index is 11.9. The van der Waals surface area contributed by atoms with Crippen LogP contribution in [0.1, 0.15) is 5.56 Å². The van der Waals surface area contributed by atoms with Crippen LogP contribution in [0.4, 0.5) is 5.69 Å². The predicted octanol–water partition coefficient (Wildman–Crippen LogP) is 2.00. The number of ether oxygens (including phenoxy) is 1. The van der Waals surface area contributed by atoms with Gasteiger partial charge in [-0.05, 0) is 24.6 Å². The molecule has 4 nitrogen and oxygen atoms in total. The van der Waals surface area contributed by atoms with Crippen molar-refractivity contribution in [1.29, 1.82) is 0 Å². The van der Waals surface area contributed by atoms with Crippen LogP contribution >= 0.6 is 24.0 Å². The molecule has 2 N–H and O–H groups in total. The molecule has 1 fully saturated rings. The van der Waals surface area contributed by atoms with Crippen molar-refractivity contribution in [3.05, 3.63) is 28.8 Å². The van der Waals surface area contributed by atoms with Crippen molar-refractivity contribution in [3.8, 4) is 0 Å². The summed E-state index contributed by atoms with van der Waals surface area (Å²) in [5.41, 5.74) is 1.70. The number of hydrogen-bond acceptors (Lipinski definition) is 3. The van der Waals surface area contributed by atoms with Gasteiger partial charge in [-0.1, -0.05) is 17.7 Å². The molecule has 0 saturated carbocycles. The van der Waals surface area contributed by atoms with E-state index in [1.165, 1.54) is 0 Å². The van der Waals surface area contributed by atoms with Crippen LogP contribution in [0.25, 0.3) is 0 Å². The van der Waals surface area contributed by atoms with Gasteiger partial charge in [-0.15, -0.1) is 12.4 Å². The third-order valence-corrected chi connectivity index (χ3v) is 3.08. The highest BCUT2D eigenvalue weighted by atomic mass is 35.5. The lowest BCUT2D eigenvalue weighted by atomic mass is 10.2. The fraction of sp³-hybridized carbons (Fsp3) is 0.417. The van der Waals surface area contributed by atoms with Crippen LogP contribution in [0.3, 0.4) is 0 Å². The summed E-state index contributed by atoms with van der Waals surface area (Å²) in [4.78, 5) is 11.9. The Labute approximate surface area is 117 Å². The summed E-state index contributed by atoms with van der Waals surface area (Å²) in [5.74, 6) is -0.0929. The number of hydrogen-bond donors (Lipinski definition) is 2. The Morgan fingerprint density at radius 1 is 1.56 bits per heavy atom. The first-order chi connectivity index (χ1) is 8.16. The minimum Gasteiger partial charge on any atom is -0.378 e. The molecule has 0 aromatic heterocycles. The topological polar surface area (TPSA) is 50.4 Å². The van der Waals surface area contributed by atoms with Gasteiger partial charge in [0.15, 0.2) is 0 Å². The lowest BCUT2D eigenvalue weighted by Gasteiger charge is -2.22. The van der Waals surface area contributed by atoms with E-state index in [2.05, 4.69) is 10.6 Å². The highest BCUT2D eigenvalue weighted by Gasteiger charge is 2.21. The van der Waals surface area contributed by atoms with E-state index in [0.29, 0.717) is 30.5 Å². The van der Waals surface area contributed by atoms with Crippen molar-refractivity contribution in [2.75, 3.05) is 25.1 Å². The Morgan fingerprint density at radius 3 is 2.94 bits per heavy atom. The van der Waals surface area contributed by atoms with E-state index in [4.69, 9.17) is 16.3 Å². The van der Waals surface area contributed by atoms with E-state index in [-0.39, 0.29) is 24.4 Å². The van der Waals surface area contributed by atoms with Crippen molar-refractivity contribution in [2.45, 2.75) is 13.0 Å². The lowest BCUT2D eigenvalue weighted by Crippen LogP contribution is -2.48. The quantitative estimate of drug-likeness (QED) is 0.876. The molecular weight excluding hydrogens is 275 g/mol. The molecule has 2 rings (SSSR count). The summed E-state index contributed by atoms with van der Waals surface area (Å²) in [5, 5.41) is 6.56. The number of rotatable bonds is 2. The summed E-state index contributed by atoms with van der Waals surface area (Å²) >= 11 is 5.99. The van der Waals surface area contributed by atoms with Crippen LogP contribution in [0.2, 0.25) is 5.02 Å². The monoisotopic (exact) mass is 290 g/mol. The van der Waals surface area contributed by atoms with E-state index in [1.807, 2.05) is 19.1 Å². The van der Waals surface area contributed by atoms with Crippen molar-refractivity contribution in [3.63, 3.8) is 0 Å². The Balaban J connectivity index is 0.00000162. The highest BCUT2D eigenvalue weighted by molar-refractivity contribution is 6.31. The number of nitrogens with one attached hydrogen (secondary N) is 2. The Bertz CT molecular complexity index is 421. The summed E-state index contributed by atoms with van der Waals surface area (Å²) in [6, 6.07) is 5.17. The van der Waals surface area contributed by atoms with Crippen molar-refractivity contribution in [2.24, 2.45) is 0 Å². The zero-order chi connectivity index (χ0) is 12.3. The van der Waals surface area contributed by atoms with Crippen molar-refractivity contribution >= 4 is 35.6 Å². The third-order valence-electron chi connectivity index (χ3n) is 2.68. The van der Waals surface area contributed by atoms with Gasteiger partial charge in [-0.2, -0.15) is 0 Å². The van der Waals surface area contributed by atoms with Gasteiger partial charge in [0.1, 0.15) is 6.04 Å². The first kappa shape index (κ1) is 15.2. The van der Waals surface area contributed by atoms with E-state index in [1.54, 1.807) is 6.07 Å². The zero-order valence-electron chi connectivity index (χ0n) is 10.0. The number of halogens is 2. The molecule has 18 heavy (non-hydrogen) atoms. The molecule has 1 aromatic rings. The van der Waals surface area contributed by atoms with Crippen LogP contribution in [-0.2, 0) is 9.53 Å². The predicted molar refractivity (Wildman–Crippen MR) is 74.7 cm³/mol. The molecule has 1 aliphatic heterocycles. The number of carbonyl (C=O) groups is 1. The fourth-order valence-electron chi connectivity index (χ4n) is 1.63. The van der Waals surface area contributed by atoms with Crippen LogP contribution in [-0.4, -0.2) is 31.7 Å². The van der Waals surface area contributed by atoms with Gasteiger partial charge in [0.05, 0.1) is 13.2 Å². The normalized spacial score (nSPS) is 18.9. The summed E-state index contributed by atoms with van der Waals surface area (Å²) < 4.78 is 5.23. The molecular formula is C12H16Cl2N2O2. The average Bonchev–Trinajstić information content (AvgIpc) is 2.35. The van der Waals surface area contributed by atoms with E-state index >= 15 is 0 Å². The Hall–Kier alpha value is -0.810. The average molecular weight is 291 g/mol. The van der Waals surface area contributed by atoms with Crippen LogP contribution < -0.4 is 10.6 Å². The van der Waals surface area contributed by atoms with Crippen LogP contribution in [0, 0.1) is 6.92 Å². The zero-order valence-corrected chi connectivity index (χ0v) is 11.6. The van der Waals surface area contributed by atoms with Gasteiger partial charge in [0, 0.05) is 17.3 Å². The molecule has 0 aliphatic carbocycles. The molecule has 1 unspecified atom stereocenters. The molecule has 1 heterocycles. The second-order valence-electron chi connectivity index (χ2n) is 4.03. The molecule has 1 amide bonds. The standard InChI is InChI=1S/C12H15ClN2O2.ClH/c1-8-2-3-9(6-10(8)13)15-12(16)11-7-17-5-4-14-11;/h2-3,6,11,14H,4-5,7H2,1H3,(H,15,16);1H. The molecule has 1 aliphatic rings. The number of morpholine rings is 1. The molecule has 0 radical (unpaired) electrons. The molecule has 1 atom stereocenters. The maximum Gasteiger partial charge on any atom is 0.243 e. The third kappa shape index (κ3) is 3.85. The van der Waals surface area contributed by atoms with Gasteiger partial charge in [0.25, 0.3) is 0 Å². The summed E-state index contributed by atoms with van der Waals surface area (Å²) in [6.07, 6.45) is 0.